The third kappa shape index (κ3) is 2.31. The number of aromatic nitrogens is 2. The first-order chi connectivity index (χ1) is 8.76. The topological polar surface area (TPSA) is 27.1 Å². The maximum atomic E-state index is 5.41. The third-order valence-corrected chi connectivity index (χ3v) is 4.33. The number of halogens is 1. The fraction of sp³-hybridized carbons (Fsp3) is 0.500. The lowest BCUT2D eigenvalue weighted by atomic mass is 9.93. The molecule has 3 rings (SSSR count). The number of methoxy groups -OCH3 is 1. The molecule has 3 nitrogen and oxygen atoms in total. The van der Waals surface area contributed by atoms with Crippen molar-refractivity contribution in [1.82, 2.24) is 9.78 Å². The maximum absolute atomic E-state index is 5.41. The minimum atomic E-state index is 0.445. The van der Waals surface area contributed by atoms with Crippen LogP contribution in [0.3, 0.4) is 0 Å². The van der Waals surface area contributed by atoms with Crippen molar-refractivity contribution in [2.75, 3.05) is 7.11 Å². The average molecular weight is 309 g/mol. The molecule has 1 heterocycles. The van der Waals surface area contributed by atoms with Gasteiger partial charge in [0, 0.05) is 23.2 Å². The molecule has 0 atom stereocenters. The lowest BCUT2D eigenvalue weighted by Gasteiger charge is -2.27. The fourth-order valence-electron chi connectivity index (χ4n) is 2.74. The first-order valence-corrected chi connectivity index (χ1v) is 7.23. The van der Waals surface area contributed by atoms with Gasteiger partial charge in [-0.25, -0.2) is 0 Å². The highest BCUT2D eigenvalue weighted by atomic mass is 79.9. The molecule has 1 aliphatic rings. The lowest BCUT2D eigenvalue weighted by molar-refractivity contribution is 0.0569. The molecule has 1 aromatic carbocycles. The maximum Gasteiger partial charge on any atom is 0.0934 e. The molecule has 18 heavy (non-hydrogen) atoms. The van der Waals surface area contributed by atoms with Gasteiger partial charge in [-0.1, -0.05) is 22.0 Å². The normalized spacial score (nSPS) is 24.6. The molecule has 0 saturated heterocycles. The van der Waals surface area contributed by atoms with Crippen molar-refractivity contribution in [2.45, 2.75) is 37.8 Å². The van der Waals surface area contributed by atoms with Gasteiger partial charge in [-0.2, -0.15) is 5.10 Å². The molecule has 0 amide bonds. The van der Waals surface area contributed by atoms with E-state index in [9.17, 15) is 0 Å². The van der Waals surface area contributed by atoms with Crippen molar-refractivity contribution < 1.29 is 4.74 Å². The minimum absolute atomic E-state index is 0.445. The summed E-state index contributed by atoms with van der Waals surface area (Å²) in [5, 5.41) is 5.91. The van der Waals surface area contributed by atoms with Crippen LogP contribution < -0.4 is 0 Å². The van der Waals surface area contributed by atoms with Crippen LogP contribution in [0.1, 0.15) is 31.7 Å². The van der Waals surface area contributed by atoms with Crippen LogP contribution in [0, 0.1) is 0 Å². The van der Waals surface area contributed by atoms with Crippen LogP contribution in [0.5, 0.6) is 0 Å². The molecule has 0 bridgehead atoms. The number of nitrogens with zero attached hydrogens (tertiary/aromatic N) is 2. The van der Waals surface area contributed by atoms with Crippen LogP contribution in [0.4, 0.5) is 0 Å². The van der Waals surface area contributed by atoms with Crippen LogP contribution in [0.15, 0.2) is 28.9 Å². The van der Waals surface area contributed by atoms with E-state index in [-0.39, 0.29) is 0 Å². The molecule has 0 unspecified atom stereocenters. The van der Waals surface area contributed by atoms with Crippen molar-refractivity contribution in [1.29, 1.82) is 0 Å². The van der Waals surface area contributed by atoms with E-state index in [2.05, 4.69) is 45.0 Å². The Balaban J connectivity index is 1.82. The Morgan fingerprint density at radius 1 is 1.28 bits per heavy atom. The Morgan fingerprint density at radius 3 is 2.78 bits per heavy atom. The van der Waals surface area contributed by atoms with Crippen molar-refractivity contribution in [2.24, 2.45) is 0 Å². The summed E-state index contributed by atoms with van der Waals surface area (Å²) in [6.45, 7) is 0. The molecule has 1 fully saturated rings. The van der Waals surface area contributed by atoms with Crippen molar-refractivity contribution >= 4 is 26.8 Å². The van der Waals surface area contributed by atoms with E-state index < -0.39 is 0 Å². The molecule has 0 spiro atoms. The first-order valence-electron chi connectivity index (χ1n) is 6.43. The highest BCUT2D eigenvalue weighted by molar-refractivity contribution is 9.10. The van der Waals surface area contributed by atoms with Gasteiger partial charge in [-0.15, -0.1) is 0 Å². The Labute approximate surface area is 115 Å². The monoisotopic (exact) mass is 308 g/mol. The van der Waals surface area contributed by atoms with Crippen molar-refractivity contribution in [3.8, 4) is 0 Å². The van der Waals surface area contributed by atoms with E-state index in [0.29, 0.717) is 12.1 Å². The SMILES string of the molecule is COC1CCC(n2cc3ccc(Br)cc3n2)CC1. The van der Waals surface area contributed by atoms with Gasteiger partial charge in [-0.3, -0.25) is 4.68 Å². The van der Waals surface area contributed by atoms with E-state index in [1.165, 1.54) is 5.39 Å². The third-order valence-electron chi connectivity index (χ3n) is 3.84. The summed E-state index contributed by atoms with van der Waals surface area (Å²) >= 11 is 3.49. The zero-order chi connectivity index (χ0) is 12.5. The fourth-order valence-corrected chi connectivity index (χ4v) is 3.09. The number of hydrogen-bond donors (Lipinski definition) is 0. The summed E-state index contributed by atoms with van der Waals surface area (Å²) < 4.78 is 8.64. The van der Waals surface area contributed by atoms with Gasteiger partial charge in [0.2, 0.25) is 0 Å². The van der Waals surface area contributed by atoms with Crippen LogP contribution in [-0.4, -0.2) is 23.0 Å². The number of hydrogen-bond acceptors (Lipinski definition) is 2. The van der Waals surface area contributed by atoms with Gasteiger partial charge >= 0.3 is 0 Å². The largest absolute Gasteiger partial charge is 0.381 e. The van der Waals surface area contributed by atoms with Crippen molar-refractivity contribution in [3.05, 3.63) is 28.9 Å². The summed E-state index contributed by atoms with van der Waals surface area (Å²) in [7, 11) is 1.81. The summed E-state index contributed by atoms with van der Waals surface area (Å²) in [4.78, 5) is 0. The summed E-state index contributed by atoms with van der Waals surface area (Å²) in [5.41, 5.74) is 1.07. The minimum Gasteiger partial charge on any atom is -0.381 e. The highest BCUT2D eigenvalue weighted by Crippen LogP contribution is 2.30. The van der Waals surface area contributed by atoms with Gasteiger partial charge in [0.05, 0.1) is 17.7 Å². The molecule has 1 aromatic heterocycles. The van der Waals surface area contributed by atoms with Crippen LogP contribution in [0.25, 0.3) is 10.9 Å². The molecular weight excluding hydrogens is 292 g/mol. The molecule has 1 saturated carbocycles. The van der Waals surface area contributed by atoms with E-state index in [4.69, 9.17) is 9.84 Å². The number of benzene rings is 1. The number of fused-ring (bicyclic) bond motifs is 1. The molecule has 2 aromatic rings. The highest BCUT2D eigenvalue weighted by Gasteiger charge is 2.22. The molecule has 4 heteroatoms. The lowest BCUT2D eigenvalue weighted by Crippen LogP contribution is -2.22. The number of rotatable bonds is 2. The smallest absolute Gasteiger partial charge is 0.0934 e. The van der Waals surface area contributed by atoms with Crippen LogP contribution in [0.2, 0.25) is 0 Å². The Bertz CT molecular complexity index is 544. The molecule has 0 N–H and O–H groups in total. The van der Waals surface area contributed by atoms with Crippen molar-refractivity contribution in [3.63, 3.8) is 0 Å². The Hall–Kier alpha value is -0.870. The predicted octanol–water partition coefficient (Wildman–Crippen LogP) is 3.93. The second-order valence-corrected chi connectivity index (χ2v) is 5.89. The second-order valence-electron chi connectivity index (χ2n) is 4.98. The molecular formula is C14H17BrN2O. The van der Waals surface area contributed by atoms with E-state index in [1.54, 1.807) is 0 Å². The zero-order valence-electron chi connectivity index (χ0n) is 10.5. The molecule has 1 aliphatic carbocycles. The van der Waals surface area contributed by atoms with E-state index in [1.807, 2.05) is 7.11 Å². The summed E-state index contributed by atoms with van der Waals surface area (Å²) in [6, 6.07) is 6.79. The summed E-state index contributed by atoms with van der Waals surface area (Å²) in [5.74, 6) is 0. The first kappa shape index (κ1) is 12.2. The van der Waals surface area contributed by atoms with Crippen LogP contribution >= 0.6 is 15.9 Å². The van der Waals surface area contributed by atoms with Gasteiger partial charge in [0.15, 0.2) is 0 Å². The second kappa shape index (κ2) is 5.02. The zero-order valence-corrected chi connectivity index (χ0v) is 12.1. The van der Waals surface area contributed by atoms with Gasteiger partial charge < -0.3 is 4.74 Å². The quantitative estimate of drug-likeness (QED) is 0.840. The molecule has 0 aliphatic heterocycles. The van der Waals surface area contributed by atoms with Gasteiger partial charge in [0.25, 0.3) is 0 Å². The Kier molecular flexibility index (Phi) is 3.39. The predicted molar refractivity (Wildman–Crippen MR) is 75.7 cm³/mol. The van der Waals surface area contributed by atoms with Gasteiger partial charge in [0.1, 0.15) is 0 Å². The standard InChI is InChI=1S/C14H17BrN2O/c1-18-13-6-4-12(5-7-13)17-9-10-2-3-11(15)8-14(10)16-17/h2-3,8-9,12-13H,4-7H2,1H3. The van der Waals surface area contributed by atoms with Crippen LogP contribution in [-0.2, 0) is 4.74 Å². The van der Waals surface area contributed by atoms with E-state index >= 15 is 0 Å². The van der Waals surface area contributed by atoms with Gasteiger partial charge in [-0.05, 0) is 37.8 Å². The molecule has 96 valence electrons. The number of ether oxygens (including phenoxy) is 1. The van der Waals surface area contributed by atoms with E-state index in [0.717, 1.165) is 35.7 Å². The average Bonchev–Trinajstić information content (AvgIpc) is 2.81. The molecule has 0 radical (unpaired) electrons. The summed E-state index contributed by atoms with van der Waals surface area (Å²) in [6.07, 6.45) is 7.21. The Morgan fingerprint density at radius 2 is 2.06 bits per heavy atom.